The van der Waals surface area contributed by atoms with Gasteiger partial charge in [-0.1, -0.05) is 23.7 Å². The summed E-state index contributed by atoms with van der Waals surface area (Å²) in [6, 6.07) is 10.1. The Balaban J connectivity index is 2.15. The van der Waals surface area contributed by atoms with Crippen molar-refractivity contribution in [1.82, 2.24) is 5.32 Å². The van der Waals surface area contributed by atoms with Crippen molar-refractivity contribution in [2.24, 2.45) is 5.92 Å². The molecule has 2 nitrogen and oxygen atoms in total. The molecule has 1 heterocycles. The Labute approximate surface area is 101 Å². The molecule has 3 heteroatoms. The summed E-state index contributed by atoms with van der Waals surface area (Å²) in [6.07, 6.45) is 2.30. The summed E-state index contributed by atoms with van der Waals surface area (Å²) < 4.78 is 0. The lowest BCUT2D eigenvalue weighted by Gasteiger charge is -2.26. The van der Waals surface area contributed by atoms with Crippen molar-refractivity contribution in [1.29, 1.82) is 5.26 Å². The second kappa shape index (κ2) is 5.34. The largest absolute Gasteiger partial charge is 0.316 e. The third-order valence-corrected chi connectivity index (χ3v) is 3.43. The molecule has 0 radical (unpaired) electrons. The molecule has 0 aliphatic carbocycles. The maximum atomic E-state index is 9.29. The van der Waals surface area contributed by atoms with Gasteiger partial charge in [0.1, 0.15) is 0 Å². The van der Waals surface area contributed by atoms with Crippen LogP contribution in [-0.2, 0) is 0 Å². The molecular formula is C13H15ClN2. The first kappa shape index (κ1) is 11.4. The smallest absolute Gasteiger partial charge is 0.0753 e. The Morgan fingerprint density at radius 1 is 1.38 bits per heavy atom. The van der Waals surface area contributed by atoms with Crippen LogP contribution in [0.4, 0.5) is 0 Å². The normalized spacial score (nSPS) is 22.4. The summed E-state index contributed by atoms with van der Waals surface area (Å²) in [5.74, 6) is 0.421. The maximum Gasteiger partial charge on any atom is 0.0753 e. The van der Waals surface area contributed by atoms with Gasteiger partial charge in [0, 0.05) is 5.02 Å². The molecule has 1 aliphatic rings. The molecule has 1 saturated heterocycles. The number of hydrogen-bond donors (Lipinski definition) is 1. The summed E-state index contributed by atoms with van der Waals surface area (Å²) in [4.78, 5) is 0. The molecule has 1 aromatic rings. The van der Waals surface area contributed by atoms with Gasteiger partial charge in [0.25, 0.3) is 0 Å². The Kier molecular flexibility index (Phi) is 3.82. The van der Waals surface area contributed by atoms with Gasteiger partial charge in [0.2, 0.25) is 0 Å². The molecule has 1 aromatic carbocycles. The van der Waals surface area contributed by atoms with Crippen molar-refractivity contribution in [2.45, 2.75) is 18.8 Å². The van der Waals surface area contributed by atoms with Gasteiger partial charge >= 0.3 is 0 Å². The van der Waals surface area contributed by atoms with Gasteiger partial charge in [0.05, 0.1) is 12.0 Å². The number of piperidine rings is 1. The topological polar surface area (TPSA) is 35.8 Å². The number of nitrogens with zero attached hydrogens (tertiary/aromatic N) is 1. The summed E-state index contributed by atoms with van der Waals surface area (Å²) in [5.41, 5.74) is 1.08. The van der Waals surface area contributed by atoms with Crippen LogP contribution >= 0.6 is 11.6 Å². The van der Waals surface area contributed by atoms with Crippen LogP contribution in [0.1, 0.15) is 24.3 Å². The van der Waals surface area contributed by atoms with E-state index in [9.17, 15) is 5.26 Å². The van der Waals surface area contributed by atoms with Crippen LogP contribution in [0.15, 0.2) is 24.3 Å². The first-order valence-electron chi connectivity index (χ1n) is 5.67. The van der Waals surface area contributed by atoms with Gasteiger partial charge in [-0.3, -0.25) is 0 Å². The molecule has 0 spiro atoms. The number of nitrogens with one attached hydrogen (secondary N) is 1. The monoisotopic (exact) mass is 234 g/mol. The van der Waals surface area contributed by atoms with E-state index in [1.54, 1.807) is 0 Å². The molecule has 16 heavy (non-hydrogen) atoms. The fourth-order valence-electron chi connectivity index (χ4n) is 2.29. The molecule has 1 N–H and O–H groups in total. The Bertz CT molecular complexity index is 374. The molecule has 1 fully saturated rings. The van der Waals surface area contributed by atoms with Crippen LogP contribution in [0.2, 0.25) is 5.02 Å². The zero-order valence-electron chi connectivity index (χ0n) is 9.12. The van der Waals surface area contributed by atoms with Crippen molar-refractivity contribution in [3.63, 3.8) is 0 Å². The van der Waals surface area contributed by atoms with E-state index in [1.807, 2.05) is 24.3 Å². The fraction of sp³-hybridized carbons (Fsp3) is 0.462. The van der Waals surface area contributed by atoms with Crippen molar-refractivity contribution >= 4 is 11.6 Å². The van der Waals surface area contributed by atoms with E-state index in [1.165, 1.54) is 0 Å². The zero-order chi connectivity index (χ0) is 11.4. The molecule has 2 atom stereocenters. The van der Waals surface area contributed by atoms with Crippen LogP contribution in [0, 0.1) is 17.2 Å². The van der Waals surface area contributed by atoms with Gasteiger partial charge in [-0.2, -0.15) is 5.26 Å². The van der Waals surface area contributed by atoms with Gasteiger partial charge in [0.15, 0.2) is 0 Å². The molecule has 0 bridgehead atoms. The van der Waals surface area contributed by atoms with Gasteiger partial charge in [-0.25, -0.2) is 0 Å². The quantitative estimate of drug-likeness (QED) is 0.854. The van der Waals surface area contributed by atoms with E-state index in [0.717, 1.165) is 36.5 Å². The number of hydrogen-bond acceptors (Lipinski definition) is 2. The van der Waals surface area contributed by atoms with E-state index in [-0.39, 0.29) is 5.92 Å². The van der Waals surface area contributed by atoms with Crippen LogP contribution in [-0.4, -0.2) is 13.1 Å². The first-order valence-corrected chi connectivity index (χ1v) is 6.05. The van der Waals surface area contributed by atoms with Gasteiger partial charge in [-0.05, 0) is 49.5 Å². The number of nitriles is 1. The molecule has 0 saturated carbocycles. The summed E-state index contributed by atoms with van der Waals surface area (Å²) in [5, 5.41) is 13.4. The average molecular weight is 235 g/mol. The van der Waals surface area contributed by atoms with Crippen LogP contribution < -0.4 is 5.32 Å². The second-order valence-electron chi connectivity index (χ2n) is 4.26. The SMILES string of the molecule is N#CC(c1ccc(Cl)cc1)C1CCCNC1. The Hall–Kier alpha value is -1.04. The predicted octanol–water partition coefficient (Wildman–Crippen LogP) is 2.95. The Morgan fingerprint density at radius 3 is 2.69 bits per heavy atom. The van der Waals surface area contributed by atoms with Crippen molar-refractivity contribution in [2.75, 3.05) is 13.1 Å². The lowest BCUT2D eigenvalue weighted by atomic mass is 9.82. The fourth-order valence-corrected chi connectivity index (χ4v) is 2.41. The van der Waals surface area contributed by atoms with Crippen LogP contribution in [0.5, 0.6) is 0 Å². The lowest BCUT2D eigenvalue weighted by Crippen LogP contribution is -2.32. The summed E-state index contributed by atoms with van der Waals surface area (Å²) in [7, 11) is 0. The van der Waals surface area contributed by atoms with Crippen LogP contribution in [0.3, 0.4) is 0 Å². The third kappa shape index (κ3) is 2.55. The highest BCUT2D eigenvalue weighted by Crippen LogP contribution is 2.29. The third-order valence-electron chi connectivity index (χ3n) is 3.17. The van der Waals surface area contributed by atoms with Crippen LogP contribution in [0.25, 0.3) is 0 Å². The predicted molar refractivity (Wildman–Crippen MR) is 65.4 cm³/mol. The number of halogens is 1. The highest BCUT2D eigenvalue weighted by Gasteiger charge is 2.24. The molecule has 2 rings (SSSR count). The van der Waals surface area contributed by atoms with Gasteiger partial charge in [-0.15, -0.1) is 0 Å². The summed E-state index contributed by atoms with van der Waals surface area (Å²) in [6.45, 7) is 2.02. The maximum absolute atomic E-state index is 9.29. The van der Waals surface area contributed by atoms with Crippen molar-refractivity contribution in [3.05, 3.63) is 34.9 Å². The first-order chi connectivity index (χ1) is 7.81. The van der Waals surface area contributed by atoms with E-state index in [2.05, 4.69) is 11.4 Å². The lowest BCUT2D eigenvalue weighted by molar-refractivity contribution is 0.354. The highest BCUT2D eigenvalue weighted by atomic mass is 35.5. The number of benzene rings is 1. The average Bonchev–Trinajstić information content (AvgIpc) is 2.34. The standard InChI is InChI=1S/C13H15ClN2/c14-12-5-3-10(4-6-12)13(8-15)11-2-1-7-16-9-11/h3-6,11,13,16H,1-2,7,9H2. The molecule has 2 unspecified atom stereocenters. The molecular weight excluding hydrogens is 220 g/mol. The molecule has 1 aliphatic heterocycles. The molecule has 0 amide bonds. The minimum atomic E-state index is -0.00920. The molecule has 0 aromatic heterocycles. The number of rotatable bonds is 2. The van der Waals surface area contributed by atoms with Gasteiger partial charge < -0.3 is 5.32 Å². The second-order valence-corrected chi connectivity index (χ2v) is 4.70. The minimum Gasteiger partial charge on any atom is -0.316 e. The van der Waals surface area contributed by atoms with Crippen molar-refractivity contribution in [3.8, 4) is 6.07 Å². The summed E-state index contributed by atoms with van der Waals surface area (Å²) >= 11 is 5.85. The molecule has 84 valence electrons. The highest BCUT2D eigenvalue weighted by molar-refractivity contribution is 6.30. The Morgan fingerprint density at radius 2 is 2.12 bits per heavy atom. The van der Waals surface area contributed by atoms with E-state index in [0.29, 0.717) is 5.92 Å². The van der Waals surface area contributed by atoms with Crippen molar-refractivity contribution < 1.29 is 0 Å². The van der Waals surface area contributed by atoms with E-state index in [4.69, 9.17) is 11.6 Å². The van der Waals surface area contributed by atoms with E-state index < -0.39 is 0 Å². The zero-order valence-corrected chi connectivity index (χ0v) is 9.87. The van der Waals surface area contributed by atoms with E-state index >= 15 is 0 Å². The minimum absolute atomic E-state index is 0.00920.